The number of nitrogens with one attached hydrogen (secondary N) is 1. The monoisotopic (exact) mass is 381 g/mol. The third kappa shape index (κ3) is 5.78. The maximum Gasteiger partial charge on any atom is 0.225 e. The van der Waals surface area contributed by atoms with E-state index in [1.165, 1.54) is 19.3 Å². The molecule has 5 nitrogen and oxygen atoms in total. The molecule has 0 atom stereocenters. The number of carbonyl (C=O) groups is 1. The zero-order chi connectivity index (χ0) is 17.5. The van der Waals surface area contributed by atoms with E-state index in [2.05, 4.69) is 17.1 Å². The van der Waals surface area contributed by atoms with Crippen LogP contribution in [0, 0.1) is 0 Å². The molecule has 0 radical (unpaired) electrons. The van der Waals surface area contributed by atoms with Crippen molar-refractivity contribution in [3.63, 3.8) is 0 Å². The van der Waals surface area contributed by atoms with Crippen LogP contribution in [-0.4, -0.2) is 43.7 Å². The van der Waals surface area contributed by atoms with Crippen molar-refractivity contribution in [3.8, 4) is 11.5 Å². The van der Waals surface area contributed by atoms with Gasteiger partial charge in [0.1, 0.15) is 13.2 Å². The molecule has 2 aliphatic rings. The number of nitrogens with zero attached hydrogens (tertiary/aromatic N) is 1. The Morgan fingerprint density at radius 2 is 1.81 bits per heavy atom. The van der Waals surface area contributed by atoms with E-state index in [0.29, 0.717) is 19.6 Å². The van der Waals surface area contributed by atoms with Crippen LogP contribution < -0.4 is 27.2 Å². The number of piperidine rings is 1. The largest absolute Gasteiger partial charge is 1.00 e. The van der Waals surface area contributed by atoms with Gasteiger partial charge in [-0.25, -0.2) is 0 Å². The van der Waals surface area contributed by atoms with Crippen molar-refractivity contribution in [3.05, 3.63) is 17.7 Å². The Kier molecular flexibility index (Phi) is 8.52. The molecular weight excluding hydrogens is 352 g/mol. The molecule has 1 N–H and O–H groups in total. The van der Waals surface area contributed by atoms with Gasteiger partial charge in [-0.1, -0.05) is 19.8 Å². The molecule has 0 unspecified atom stereocenters. The molecule has 2 aliphatic heterocycles. The Balaban J connectivity index is 0.00000243. The maximum absolute atomic E-state index is 12.4. The second-order valence-electron chi connectivity index (χ2n) is 6.96. The molecule has 1 aromatic rings. The van der Waals surface area contributed by atoms with Gasteiger partial charge in [-0.2, -0.15) is 0 Å². The van der Waals surface area contributed by atoms with Gasteiger partial charge in [0.05, 0.1) is 0 Å². The molecule has 1 fully saturated rings. The number of ether oxygens (including phenoxy) is 2. The second-order valence-corrected chi connectivity index (χ2v) is 6.96. The summed E-state index contributed by atoms with van der Waals surface area (Å²) >= 11 is 0. The summed E-state index contributed by atoms with van der Waals surface area (Å²) in [7, 11) is 0. The van der Waals surface area contributed by atoms with Crippen LogP contribution in [0.1, 0.15) is 51.0 Å². The molecule has 2 heterocycles. The number of anilines is 1. The molecule has 146 valence electrons. The number of unbranched alkanes of at least 4 members (excludes halogenated alkanes) is 1. The number of carbonyl (C=O) groups excluding carboxylic acids is 1. The summed E-state index contributed by atoms with van der Waals surface area (Å²) in [6, 6.07) is 3.96. The predicted octanol–water partition coefficient (Wildman–Crippen LogP) is 0.619. The van der Waals surface area contributed by atoms with Crippen molar-refractivity contribution in [2.24, 2.45) is 0 Å². The van der Waals surface area contributed by atoms with Gasteiger partial charge in [0.15, 0.2) is 11.5 Å². The average Bonchev–Trinajstić information content (AvgIpc) is 2.65. The van der Waals surface area contributed by atoms with Gasteiger partial charge < -0.3 is 32.1 Å². The molecule has 3 rings (SSSR count). The Hall–Kier alpha value is -1.46. The van der Waals surface area contributed by atoms with Crippen molar-refractivity contribution in [2.75, 3.05) is 38.2 Å². The lowest BCUT2D eigenvalue weighted by molar-refractivity contribution is -0.116. The molecule has 6 heteroatoms. The number of fused-ring (bicyclic) bond motifs is 1. The van der Waals surface area contributed by atoms with Gasteiger partial charge in [0, 0.05) is 24.7 Å². The third-order valence-electron chi connectivity index (χ3n) is 4.95. The third-order valence-corrected chi connectivity index (χ3v) is 4.95. The van der Waals surface area contributed by atoms with Crippen molar-refractivity contribution in [1.82, 2.24) is 4.90 Å². The molecule has 0 bridgehead atoms. The van der Waals surface area contributed by atoms with Gasteiger partial charge in [0.2, 0.25) is 5.91 Å². The molecule has 26 heavy (non-hydrogen) atoms. The predicted molar refractivity (Wildman–Crippen MR) is 99.6 cm³/mol. The first kappa shape index (κ1) is 20.8. The van der Waals surface area contributed by atoms with Crippen LogP contribution in [0.15, 0.2) is 12.1 Å². The summed E-state index contributed by atoms with van der Waals surface area (Å²) in [5.74, 6) is 1.61. The van der Waals surface area contributed by atoms with E-state index in [4.69, 9.17) is 9.47 Å². The lowest BCUT2D eigenvalue weighted by Gasteiger charge is -2.26. The minimum absolute atomic E-state index is 0. The van der Waals surface area contributed by atoms with E-state index in [-0.39, 0.29) is 18.3 Å². The van der Waals surface area contributed by atoms with Crippen LogP contribution in [0.3, 0.4) is 0 Å². The number of amides is 1. The summed E-state index contributed by atoms with van der Waals surface area (Å²) in [4.78, 5) is 14.8. The van der Waals surface area contributed by atoms with Gasteiger partial charge in [0.25, 0.3) is 0 Å². The average molecular weight is 382 g/mol. The Bertz CT molecular complexity index is 589. The Labute approximate surface area is 162 Å². The Morgan fingerprint density at radius 3 is 2.50 bits per heavy atom. The lowest BCUT2D eigenvalue weighted by Crippen LogP contribution is -3.00. The van der Waals surface area contributed by atoms with E-state index < -0.39 is 0 Å². The van der Waals surface area contributed by atoms with Crippen LogP contribution in [0.5, 0.6) is 11.5 Å². The number of hydrogen-bond acceptors (Lipinski definition) is 4. The molecule has 1 amide bonds. The zero-order valence-corrected chi connectivity index (χ0v) is 16.4. The lowest BCUT2D eigenvalue weighted by atomic mass is 10.0. The van der Waals surface area contributed by atoms with Gasteiger partial charge in [-0.15, -0.1) is 0 Å². The molecular formula is C20H30ClN2O3-. The van der Waals surface area contributed by atoms with Crippen molar-refractivity contribution >= 4 is 11.6 Å². The van der Waals surface area contributed by atoms with Crippen molar-refractivity contribution in [1.29, 1.82) is 0 Å². The first-order valence-electron chi connectivity index (χ1n) is 9.71. The van der Waals surface area contributed by atoms with Gasteiger partial charge in [-0.3, -0.25) is 4.79 Å². The molecule has 0 aliphatic carbocycles. The highest BCUT2D eigenvalue weighted by atomic mass is 35.5. The van der Waals surface area contributed by atoms with E-state index in [0.717, 1.165) is 61.6 Å². The number of halogens is 1. The summed E-state index contributed by atoms with van der Waals surface area (Å²) < 4.78 is 11.4. The minimum Gasteiger partial charge on any atom is -1.00 e. The smallest absolute Gasteiger partial charge is 0.225 e. The Morgan fingerprint density at radius 1 is 1.12 bits per heavy atom. The van der Waals surface area contributed by atoms with Crippen LogP contribution in [0.2, 0.25) is 0 Å². The van der Waals surface area contributed by atoms with Gasteiger partial charge in [-0.05, 0) is 50.4 Å². The topological polar surface area (TPSA) is 50.8 Å². The van der Waals surface area contributed by atoms with Crippen LogP contribution in [0.4, 0.5) is 5.69 Å². The molecule has 0 saturated carbocycles. The van der Waals surface area contributed by atoms with Crippen LogP contribution >= 0.6 is 0 Å². The highest BCUT2D eigenvalue weighted by Gasteiger charge is 2.18. The molecule has 1 aromatic carbocycles. The fraction of sp³-hybridized carbons (Fsp3) is 0.650. The first-order valence-corrected chi connectivity index (χ1v) is 9.71. The zero-order valence-electron chi connectivity index (χ0n) is 15.7. The summed E-state index contributed by atoms with van der Waals surface area (Å²) in [6.07, 6.45) is 7.53. The van der Waals surface area contributed by atoms with E-state index in [9.17, 15) is 4.79 Å². The number of hydrogen-bond donors (Lipinski definition) is 1. The van der Waals surface area contributed by atoms with E-state index in [1.807, 2.05) is 12.1 Å². The normalized spacial score (nSPS) is 16.7. The van der Waals surface area contributed by atoms with Crippen LogP contribution in [0.25, 0.3) is 0 Å². The SMILES string of the molecule is CCCCc1cc2c(cc1NC(=O)CCN1CCCCC1)OCCO2.[Cl-]. The molecule has 1 saturated heterocycles. The molecule has 0 spiro atoms. The van der Waals surface area contributed by atoms with Crippen molar-refractivity contribution < 1.29 is 26.7 Å². The van der Waals surface area contributed by atoms with Crippen molar-refractivity contribution in [2.45, 2.75) is 51.9 Å². The first-order chi connectivity index (χ1) is 12.3. The van der Waals surface area contributed by atoms with Gasteiger partial charge >= 0.3 is 0 Å². The quantitative estimate of drug-likeness (QED) is 0.752. The number of benzene rings is 1. The number of likely N-dealkylation sites (tertiary alicyclic amines) is 1. The molecule has 0 aromatic heterocycles. The summed E-state index contributed by atoms with van der Waals surface area (Å²) in [5, 5.41) is 3.11. The maximum atomic E-state index is 12.4. The van der Waals surface area contributed by atoms with Crippen LogP contribution in [-0.2, 0) is 11.2 Å². The van der Waals surface area contributed by atoms with E-state index in [1.54, 1.807) is 0 Å². The highest BCUT2D eigenvalue weighted by Crippen LogP contribution is 2.36. The standard InChI is InChI=1S/C20H30N2O3.ClH/c1-2-3-7-16-14-18-19(25-13-12-24-18)15-17(16)21-20(23)8-11-22-9-5-4-6-10-22;/h14-15H,2-13H2,1H3,(H,21,23);1H/p-1. The number of aryl methyl sites for hydroxylation is 1. The summed E-state index contributed by atoms with van der Waals surface area (Å²) in [6.45, 7) is 6.42. The minimum atomic E-state index is 0. The summed E-state index contributed by atoms with van der Waals surface area (Å²) in [5.41, 5.74) is 2.01. The fourth-order valence-electron chi connectivity index (χ4n) is 3.48. The number of rotatable bonds is 7. The van der Waals surface area contributed by atoms with E-state index >= 15 is 0 Å². The highest BCUT2D eigenvalue weighted by molar-refractivity contribution is 5.92. The second kappa shape index (κ2) is 10.6. The fourth-order valence-corrected chi connectivity index (χ4v) is 3.48.